The van der Waals surface area contributed by atoms with Gasteiger partial charge in [-0.15, -0.1) is 11.3 Å². The second-order valence-electron chi connectivity index (χ2n) is 9.37. The molecule has 1 aromatic carbocycles. The highest BCUT2D eigenvalue weighted by Gasteiger charge is 2.34. The van der Waals surface area contributed by atoms with Crippen molar-refractivity contribution in [3.63, 3.8) is 0 Å². The average Bonchev–Trinajstić information content (AvgIpc) is 3.27. The first-order valence-electron chi connectivity index (χ1n) is 10.8. The lowest BCUT2D eigenvalue weighted by atomic mass is 9.72. The van der Waals surface area contributed by atoms with E-state index in [0.717, 1.165) is 36.2 Å². The third-order valence-electron chi connectivity index (χ3n) is 6.30. The number of esters is 1. The Bertz CT molecular complexity index is 1230. The van der Waals surface area contributed by atoms with Crippen molar-refractivity contribution in [3.8, 4) is 5.69 Å². The number of nitrogens with zero attached hydrogens (tertiary/aromatic N) is 2. The lowest BCUT2D eigenvalue weighted by Gasteiger charge is -2.33. The second-order valence-corrected chi connectivity index (χ2v) is 10.4. The van der Waals surface area contributed by atoms with E-state index in [0.29, 0.717) is 22.0 Å². The predicted octanol–water partition coefficient (Wildman–Crippen LogP) is 5.22. The first-order chi connectivity index (χ1) is 15.2. The minimum absolute atomic E-state index is 0.175. The molecule has 0 fully saturated rings. The van der Waals surface area contributed by atoms with Crippen LogP contribution in [0.4, 0.5) is 5.00 Å². The molecule has 1 N–H and O–H groups in total. The van der Waals surface area contributed by atoms with Crippen molar-refractivity contribution in [2.45, 2.75) is 47.0 Å². The van der Waals surface area contributed by atoms with E-state index in [-0.39, 0.29) is 16.9 Å². The summed E-state index contributed by atoms with van der Waals surface area (Å²) in [5, 5.41) is 3.72. The van der Waals surface area contributed by atoms with Crippen molar-refractivity contribution in [2.75, 3.05) is 7.11 Å². The number of aromatic amines is 1. The third kappa shape index (κ3) is 4.09. The number of benzene rings is 1. The number of aliphatic imine (C=N–C) groups is 1. The number of carbonyl (C=O) groups is 1. The number of H-pyrrole nitrogens is 1. The molecule has 2 heterocycles. The van der Waals surface area contributed by atoms with Gasteiger partial charge in [0.2, 0.25) is 0 Å². The highest BCUT2D eigenvalue weighted by molar-refractivity contribution is 7.16. The van der Waals surface area contributed by atoms with E-state index in [1.54, 1.807) is 17.6 Å². The van der Waals surface area contributed by atoms with Gasteiger partial charge in [-0.3, -0.25) is 9.89 Å². The number of para-hydroxylation sites is 1. The van der Waals surface area contributed by atoms with Gasteiger partial charge in [-0.25, -0.2) is 14.5 Å². The SMILES string of the molecule is COC(=O)c1c(N=Cc2c(C)[nH]n(-c3ccccc3)c2=O)sc2c1CC[C@H](C(C)(C)C)C2. The Morgan fingerprint density at radius 1 is 1.28 bits per heavy atom. The molecule has 1 aliphatic rings. The number of carbonyl (C=O) groups excluding carboxylic acids is 1. The molecule has 168 valence electrons. The van der Waals surface area contributed by atoms with Crippen LogP contribution in [0.25, 0.3) is 5.69 Å². The number of thiophene rings is 1. The molecule has 0 amide bonds. The Morgan fingerprint density at radius 2 is 2.00 bits per heavy atom. The van der Waals surface area contributed by atoms with E-state index in [1.165, 1.54) is 16.7 Å². The first kappa shape index (κ1) is 22.3. The molecular formula is C25H29N3O3S. The van der Waals surface area contributed by atoms with Crippen LogP contribution in [0.2, 0.25) is 0 Å². The van der Waals surface area contributed by atoms with E-state index < -0.39 is 0 Å². The number of ether oxygens (including phenoxy) is 1. The van der Waals surface area contributed by atoms with Gasteiger partial charge in [0, 0.05) is 16.8 Å². The Balaban J connectivity index is 1.73. The Hall–Kier alpha value is -2.93. The molecule has 0 bridgehead atoms. The molecule has 0 saturated carbocycles. The number of fused-ring (bicyclic) bond motifs is 1. The van der Waals surface area contributed by atoms with Crippen LogP contribution >= 0.6 is 11.3 Å². The van der Waals surface area contributed by atoms with E-state index in [9.17, 15) is 9.59 Å². The van der Waals surface area contributed by atoms with Crippen molar-refractivity contribution in [1.82, 2.24) is 9.78 Å². The molecule has 0 radical (unpaired) electrons. The second kappa shape index (κ2) is 8.54. The lowest BCUT2D eigenvalue weighted by molar-refractivity contribution is 0.0600. The summed E-state index contributed by atoms with van der Waals surface area (Å²) in [5.41, 5.74) is 3.59. The molecule has 6 nitrogen and oxygen atoms in total. The molecule has 32 heavy (non-hydrogen) atoms. The van der Waals surface area contributed by atoms with Crippen LogP contribution in [-0.4, -0.2) is 29.1 Å². The van der Waals surface area contributed by atoms with Crippen LogP contribution in [0.15, 0.2) is 40.1 Å². The van der Waals surface area contributed by atoms with Gasteiger partial charge in [0.05, 0.1) is 23.9 Å². The highest BCUT2D eigenvalue weighted by Crippen LogP contribution is 2.45. The number of nitrogens with one attached hydrogen (secondary N) is 1. The van der Waals surface area contributed by atoms with Gasteiger partial charge in [-0.1, -0.05) is 39.0 Å². The largest absolute Gasteiger partial charge is 0.465 e. The topological polar surface area (TPSA) is 76.4 Å². The van der Waals surface area contributed by atoms with Gasteiger partial charge in [0.25, 0.3) is 5.56 Å². The average molecular weight is 452 g/mol. The van der Waals surface area contributed by atoms with Crippen molar-refractivity contribution in [1.29, 1.82) is 0 Å². The fraction of sp³-hybridized carbons (Fsp3) is 0.400. The molecule has 3 aromatic rings. The number of aryl methyl sites for hydroxylation is 1. The van der Waals surface area contributed by atoms with Crippen molar-refractivity contribution >= 4 is 28.5 Å². The molecule has 2 aromatic heterocycles. The zero-order valence-corrected chi connectivity index (χ0v) is 20.0. The maximum absolute atomic E-state index is 13.0. The Labute approximate surface area is 191 Å². The molecule has 0 saturated heterocycles. The van der Waals surface area contributed by atoms with Crippen LogP contribution in [0.3, 0.4) is 0 Å². The summed E-state index contributed by atoms with van der Waals surface area (Å²) in [6.45, 7) is 8.64. The smallest absolute Gasteiger partial charge is 0.341 e. The summed E-state index contributed by atoms with van der Waals surface area (Å²) in [5.74, 6) is 0.192. The molecule has 7 heteroatoms. The van der Waals surface area contributed by atoms with Gasteiger partial charge in [0.1, 0.15) is 5.00 Å². The Kier molecular flexibility index (Phi) is 5.95. The molecule has 0 unspecified atom stereocenters. The maximum atomic E-state index is 13.0. The number of methoxy groups -OCH3 is 1. The fourth-order valence-electron chi connectivity index (χ4n) is 4.31. The van der Waals surface area contributed by atoms with Gasteiger partial charge in [0.15, 0.2) is 0 Å². The third-order valence-corrected chi connectivity index (χ3v) is 7.47. The van der Waals surface area contributed by atoms with E-state index in [4.69, 9.17) is 4.74 Å². The first-order valence-corrected chi connectivity index (χ1v) is 11.7. The number of aromatic nitrogens is 2. The van der Waals surface area contributed by atoms with Crippen LogP contribution in [0, 0.1) is 18.3 Å². The van der Waals surface area contributed by atoms with Crippen molar-refractivity contribution < 1.29 is 9.53 Å². The molecule has 4 rings (SSSR count). The Morgan fingerprint density at radius 3 is 2.66 bits per heavy atom. The molecular weight excluding hydrogens is 422 g/mol. The van der Waals surface area contributed by atoms with Crippen LogP contribution < -0.4 is 5.56 Å². The predicted molar refractivity (Wildman–Crippen MR) is 129 cm³/mol. The number of hydrogen-bond donors (Lipinski definition) is 1. The summed E-state index contributed by atoms with van der Waals surface area (Å²) in [4.78, 5) is 31.4. The van der Waals surface area contributed by atoms with Crippen molar-refractivity contribution in [2.24, 2.45) is 16.3 Å². The molecule has 1 atom stereocenters. The summed E-state index contributed by atoms with van der Waals surface area (Å²) in [6, 6.07) is 9.41. The monoisotopic (exact) mass is 451 g/mol. The van der Waals surface area contributed by atoms with E-state index >= 15 is 0 Å². The number of hydrogen-bond acceptors (Lipinski definition) is 5. The minimum Gasteiger partial charge on any atom is -0.465 e. The van der Waals surface area contributed by atoms with Gasteiger partial charge in [-0.05, 0) is 55.2 Å². The zero-order chi connectivity index (χ0) is 23.0. The fourth-order valence-corrected chi connectivity index (χ4v) is 5.57. The molecule has 1 aliphatic carbocycles. The summed E-state index contributed by atoms with van der Waals surface area (Å²) < 4.78 is 6.58. The normalized spacial score (nSPS) is 16.3. The highest BCUT2D eigenvalue weighted by atomic mass is 32.1. The summed E-state index contributed by atoms with van der Waals surface area (Å²) in [6.07, 6.45) is 4.39. The molecule has 0 aliphatic heterocycles. The summed E-state index contributed by atoms with van der Waals surface area (Å²) in [7, 11) is 1.40. The standard InChI is InChI=1S/C25H29N3O3S/c1-15-19(23(29)28(27-15)17-9-7-6-8-10-17)14-26-22-21(24(30)31-5)18-12-11-16(25(2,3)4)13-20(18)32-22/h6-10,14,16,27H,11-13H2,1-5H3/t16-/m0/s1. The minimum atomic E-state index is -0.364. The zero-order valence-electron chi connectivity index (χ0n) is 19.2. The van der Waals surface area contributed by atoms with Gasteiger partial charge < -0.3 is 4.74 Å². The molecule has 0 spiro atoms. The van der Waals surface area contributed by atoms with Crippen LogP contribution in [0.1, 0.15) is 59.2 Å². The lowest BCUT2D eigenvalue weighted by Crippen LogP contribution is -2.26. The van der Waals surface area contributed by atoms with Crippen LogP contribution in [-0.2, 0) is 17.6 Å². The van der Waals surface area contributed by atoms with Crippen molar-refractivity contribution in [3.05, 3.63) is 67.9 Å². The summed E-state index contributed by atoms with van der Waals surface area (Å²) >= 11 is 1.54. The van der Waals surface area contributed by atoms with Gasteiger partial charge in [-0.2, -0.15) is 0 Å². The van der Waals surface area contributed by atoms with E-state index in [2.05, 4.69) is 30.9 Å². The van der Waals surface area contributed by atoms with Crippen LogP contribution in [0.5, 0.6) is 0 Å². The quantitative estimate of drug-likeness (QED) is 0.436. The number of rotatable bonds is 4. The van der Waals surface area contributed by atoms with Gasteiger partial charge >= 0.3 is 5.97 Å². The maximum Gasteiger partial charge on any atom is 0.341 e. The van der Waals surface area contributed by atoms with E-state index in [1.807, 2.05) is 37.3 Å².